The molecule has 1 unspecified atom stereocenters. The summed E-state index contributed by atoms with van der Waals surface area (Å²) in [5.41, 5.74) is 0.795. The van der Waals surface area contributed by atoms with Gasteiger partial charge in [0, 0.05) is 31.2 Å². The molecule has 0 spiro atoms. The average molecular weight is 316 g/mol. The third-order valence-electron chi connectivity index (χ3n) is 4.97. The van der Waals surface area contributed by atoms with Gasteiger partial charge in [-0.1, -0.05) is 18.2 Å². The molecule has 0 aromatic heterocycles. The molecular weight excluding hydrogens is 288 g/mol. The summed E-state index contributed by atoms with van der Waals surface area (Å²) in [6, 6.07) is 9.76. The Hall–Kier alpha value is -1.39. The lowest BCUT2D eigenvalue weighted by atomic mass is 10.0. The van der Waals surface area contributed by atoms with E-state index >= 15 is 0 Å². The van der Waals surface area contributed by atoms with Crippen LogP contribution in [0.5, 0.6) is 0 Å². The number of hydrogen-bond acceptors (Lipinski definition) is 3. The minimum absolute atomic E-state index is 0.0462. The lowest BCUT2D eigenvalue weighted by Gasteiger charge is -2.34. The molecule has 0 radical (unpaired) electrons. The first-order valence-corrected chi connectivity index (χ1v) is 8.78. The zero-order valence-corrected chi connectivity index (χ0v) is 14.3. The van der Waals surface area contributed by atoms with Crippen molar-refractivity contribution in [3.63, 3.8) is 0 Å². The molecule has 4 heteroatoms. The predicted octanol–water partition coefficient (Wildman–Crippen LogP) is 2.84. The third-order valence-corrected chi connectivity index (χ3v) is 4.97. The Labute approximate surface area is 139 Å². The SMILES string of the molecule is CC1(C)CCC(CN2CCC(NC(=O)c3ccccc3)CC2)O1. The topological polar surface area (TPSA) is 41.6 Å². The summed E-state index contributed by atoms with van der Waals surface area (Å²) in [5.74, 6) is 0.0462. The molecule has 126 valence electrons. The van der Waals surface area contributed by atoms with E-state index in [1.54, 1.807) is 0 Å². The molecule has 2 saturated heterocycles. The van der Waals surface area contributed by atoms with Crippen LogP contribution in [0, 0.1) is 0 Å². The summed E-state index contributed by atoms with van der Waals surface area (Å²) in [6.45, 7) is 7.47. The summed E-state index contributed by atoms with van der Waals surface area (Å²) in [6.07, 6.45) is 4.74. The first kappa shape index (κ1) is 16.5. The smallest absolute Gasteiger partial charge is 0.251 e. The Morgan fingerprint density at radius 3 is 2.52 bits per heavy atom. The average Bonchev–Trinajstić information content (AvgIpc) is 2.89. The van der Waals surface area contributed by atoms with Gasteiger partial charge in [-0.2, -0.15) is 0 Å². The first-order chi connectivity index (χ1) is 11.0. The number of nitrogens with one attached hydrogen (secondary N) is 1. The molecule has 1 atom stereocenters. The van der Waals surface area contributed by atoms with Crippen LogP contribution in [0.2, 0.25) is 0 Å². The van der Waals surface area contributed by atoms with Crippen LogP contribution in [-0.4, -0.2) is 48.2 Å². The van der Waals surface area contributed by atoms with Gasteiger partial charge < -0.3 is 15.0 Å². The van der Waals surface area contributed by atoms with Crippen LogP contribution in [0.3, 0.4) is 0 Å². The number of nitrogens with zero attached hydrogens (tertiary/aromatic N) is 1. The number of rotatable bonds is 4. The van der Waals surface area contributed by atoms with E-state index in [0.717, 1.165) is 50.9 Å². The molecule has 3 rings (SSSR count). The predicted molar refractivity (Wildman–Crippen MR) is 91.6 cm³/mol. The Morgan fingerprint density at radius 2 is 1.91 bits per heavy atom. The first-order valence-electron chi connectivity index (χ1n) is 8.78. The van der Waals surface area contributed by atoms with Crippen LogP contribution in [0.15, 0.2) is 30.3 Å². The van der Waals surface area contributed by atoms with Crippen molar-refractivity contribution in [2.45, 2.75) is 57.3 Å². The van der Waals surface area contributed by atoms with E-state index in [4.69, 9.17) is 4.74 Å². The molecule has 1 aromatic carbocycles. The van der Waals surface area contributed by atoms with E-state index in [0.29, 0.717) is 12.1 Å². The quantitative estimate of drug-likeness (QED) is 0.929. The molecule has 0 bridgehead atoms. The minimum Gasteiger partial charge on any atom is -0.371 e. The van der Waals surface area contributed by atoms with E-state index in [1.165, 1.54) is 0 Å². The van der Waals surface area contributed by atoms with Gasteiger partial charge in [0.1, 0.15) is 0 Å². The Bertz CT molecular complexity index is 521. The van der Waals surface area contributed by atoms with Crippen molar-refractivity contribution in [2.24, 2.45) is 0 Å². The Balaban J connectivity index is 1.41. The van der Waals surface area contributed by atoms with Crippen LogP contribution >= 0.6 is 0 Å². The maximum atomic E-state index is 12.2. The fraction of sp³-hybridized carbons (Fsp3) is 0.632. The van der Waals surface area contributed by atoms with Crippen molar-refractivity contribution in [1.82, 2.24) is 10.2 Å². The van der Waals surface area contributed by atoms with Crippen LogP contribution in [0.4, 0.5) is 0 Å². The number of piperidine rings is 1. The molecule has 4 nitrogen and oxygen atoms in total. The van der Waals surface area contributed by atoms with Gasteiger partial charge in [0.2, 0.25) is 0 Å². The number of hydrogen-bond donors (Lipinski definition) is 1. The molecular formula is C19H28N2O2. The normalized spacial score (nSPS) is 25.4. The zero-order chi connectivity index (χ0) is 16.3. The highest BCUT2D eigenvalue weighted by atomic mass is 16.5. The third kappa shape index (κ3) is 4.55. The van der Waals surface area contributed by atoms with Gasteiger partial charge >= 0.3 is 0 Å². The van der Waals surface area contributed by atoms with E-state index < -0.39 is 0 Å². The maximum Gasteiger partial charge on any atom is 0.251 e. The van der Waals surface area contributed by atoms with Crippen molar-refractivity contribution in [2.75, 3.05) is 19.6 Å². The number of carbonyl (C=O) groups excluding carboxylic acids is 1. The molecule has 2 aliphatic rings. The highest BCUT2D eigenvalue weighted by Gasteiger charge is 2.33. The molecule has 1 aromatic rings. The summed E-state index contributed by atoms with van der Waals surface area (Å²) in [4.78, 5) is 14.7. The number of amides is 1. The van der Waals surface area contributed by atoms with Crippen LogP contribution in [-0.2, 0) is 4.74 Å². The number of benzene rings is 1. The van der Waals surface area contributed by atoms with Crippen LogP contribution in [0.25, 0.3) is 0 Å². The monoisotopic (exact) mass is 316 g/mol. The van der Waals surface area contributed by atoms with Gasteiger partial charge in [-0.3, -0.25) is 4.79 Å². The summed E-state index contributed by atoms with van der Waals surface area (Å²) in [5, 5.41) is 3.17. The molecule has 2 aliphatic heterocycles. The summed E-state index contributed by atoms with van der Waals surface area (Å²) in [7, 11) is 0. The van der Waals surface area contributed by atoms with E-state index in [9.17, 15) is 4.79 Å². The van der Waals surface area contributed by atoms with Gasteiger partial charge in [0.15, 0.2) is 0 Å². The summed E-state index contributed by atoms with van der Waals surface area (Å²) >= 11 is 0. The lowest BCUT2D eigenvalue weighted by Crippen LogP contribution is -2.46. The molecule has 1 amide bonds. The highest BCUT2D eigenvalue weighted by Crippen LogP contribution is 2.30. The van der Waals surface area contributed by atoms with E-state index in [2.05, 4.69) is 24.1 Å². The Morgan fingerprint density at radius 1 is 1.22 bits per heavy atom. The van der Waals surface area contributed by atoms with Gasteiger partial charge in [-0.05, 0) is 51.7 Å². The van der Waals surface area contributed by atoms with Crippen molar-refractivity contribution < 1.29 is 9.53 Å². The van der Waals surface area contributed by atoms with Crippen molar-refractivity contribution in [3.05, 3.63) is 35.9 Å². The number of likely N-dealkylation sites (tertiary alicyclic amines) is 1. The van der Waals surface area contributed by atoms with Crippen LogP contribution in [0.1, 0.15) is 49.9 Å². The Kier molecular flexibility index (Phi) is 5.02. The van der Waals surface area contributed by atoms with Gasteiger partial charge in [0.25, 0.3) is 5.91 Å². The highest BCUT2D eigenvalue weighted by molar-refractivity contribution is 5.94. The van der Waals surface area contributed by atoms with E-state index in [-0.39, 0.29) is 11.5 Å². The van der Waals surface area contributed by atoms with Crippen LogP contribution < -0.4 is 5.32 Å². The standard InChI is InChI=1S/C19H28N2O2/c1-19(2)11-8-17(23-19)14-21-12-9-16(10-13-21)20-18(22)15-6-4-3-5-7-15/h3-7,16-17H,8-14H2,1-2H3,(H,20,22). The number of carbonyl (C=O) groups is 1. The molecule has 1 N–H and O–H groups in total. The molecule has 0 saturated carbocycles. The van der Waals surface area contributed by atoms with Crippen molar-refractivity contribution in [3.8, 4) is 0 Å². The zero-order valence-electron chi connectivity index (χ0n) is 14.3. The lowest BCUT2D eigenvalue weighted by molar-refractivity contribution is -0.0312. The summed E-state index contributed by atoms with van der Waals surface area (Å²) < 4.78 is 6.09. The fourth-order valence-corrected chi connectivity index (χ4v) is 3.61. The van der Waals surface area contributed by atoms with Crippen molar-refractivity contribution >= 4 is 5.91 Å². The largest absolute Gasteiger partial charge is 0.371 e. The van der Waals surface area contributed by atoms with Crippen molar-refractivity contribution in [1.29, 1.82) is 0 Å². The molecule has 2 fully saturated rings. The van der Waals surface area contributed by atoms with E-state index in [1.807, 2.05) is 30.3 Å². The van der Waals surface area contributed by atoms with Gasteiger partial charge in [-0.25, -0.2) is 0 Å². The van der Waals surface area contributed by atoms with Gasteiger partial charge in [-0.15, -0.1) is 0 Å². The minimum atomic E-state index is 0.0462. The maximum absolute atomic E-state index is 12.2. The fourth-order valence-electron chi connectivity index (χ4n) is 3.61. The molecule has 23 heavy (non-hydrogen) atoms. The number of ether oxygens (including phenoxy) is 1. The second kappa shape index (κ2) is 7.02. The van der Waals surface area contributed by atoms with Gasteiger partial charge in [0.05, 0.1) is 11.7 Å². The molecule has 0 aliphatic carbocycles. The second-order valence-corrected chi connectivity index (χ2v) is 7.45. The molecule has 2 heterocycles. The second-order valence-electron chi connectivity index (χ2n) is 7.45.